The molecule has 0 radical (unpaired) electrons. The number of ether oxygens (including phenoxy) is 1. The lowest BCUT2D eigenvalue weighted by atomic mass is 9.92. The molecule has 0 bridgehead atoms. The van der Waals surface area contributed by atoms with Gasteiger partial charge in [-0.1, -0.05) is 15.9 Å². The van der Waals surface area contributed by atoms with E-state index in [0.717, 1.165) is 48.7 Å². The lowest BCUT2D eigenvalue weighted by Crippen LogP contribution is -2.40. The maximum Gasteiger partial charge on any atom is 0.220 e. The molecule has 1 aliphatic carbocycles. The summed E-state index contributed by atoms with van der Waals surface area (Å²) in [6.07, 6.45) is 6.39. The second-order valence-corrected chi connectivity index (χ2v) is 6.85. The molecule has 2 rings (SSSR count). The Balaban J connectivity index is 1.52. The van der Waals surface area contributed by atoms with Crippen LogP contribution in [0.4, 0.5) is 0 Å². The number of halogens is 1. The fourth-order valence-corrected chi connectivity index (χ4v) is 2.94. The van der Waals surface area contributed by atoms with E-state index in [1.807, 2.05) is 24.3 Å². The molecule has 0 saturated heterocycles. The molecular formula is C17H25BrN2O2. The van der Waals surface area contributed by atoms with Crippen molar-refractivity contribution in [1.82, 2.24) is 5.32 Å². The van der Waals surface area contributed by atoms with Crippen LogP contribution in [0.15, 0.2) is 28.7 Å². The molecule has 1 aliphatic rings. The SMILES string of the molecule is NC1CCC(NC(=O)CCCCOc2ccc(Br)cc2)CC1. The zero-order valence-electron chi connectivity index (χ0n) is 12.9. The first-order chi connectivity index (χ1) is 10.6. The van der Waals surface area contributed by atoms with Crippen molar-refractivity contribution >= 4 is 21.8 Å². The molecule has 4 nitrogen and oxygen atoms in total. The molecule has 0 aliphatic heterocycles. The van der Waals surface area contributed by atoms with Crippen LogP contribution in [0.1, 0.15) is 44.9 Å². The van der Waals surface area contributed by atoms with Crippen molar-refractivity contribution in [2.45, 2.75) is 57.0 Å². The van der Waals surface area contributed by atoms with Gasteiger partial charge in [0.15, 0.2) is 0 Å². The minimum absolute atomic E-state index is 0.157. The van der Waals surface area contributed by atoms with E-state index < -0.39 is 0 Å². The summed E-state index contributed by atoms with van der Waals surface area (Å²) in [5.41, 5.74) is 5.87. The van der Waals surface area contributed by atoms with E-state index in [1.165, 1.54) is 0 Å². The second kappa shape index (κ2) is 9.16. The predicted molar refractivity (Wildman–Crippen MR) is 91.9 cm³/mol. The van der Waals surface area contributed by atoms with Crippen LogP contribution in [0.25, 0.3) is 0 Å². The lowest BCUT2D eigenvalue weighted by Gasteiger charge is -2.26. The van der Waals surface area contributed by atoms with Crippen molar-refractivity contribution in [1.29, 1.82) is 0 Å². The Hall–Kier alpha value is -1.07. The van der Waals surface area contributed by atoms with Crippen LogP contribution in [-0.4, -0.2) is 24.6 Å². The van der Waals surface area contributed by atoms with Gasteiger partial charge in [-0.15, -0.1) is 0 Å². The molecule has 0 spiro atoms. The number of benzene rings is 1. The molecule has 1 amide bonds. The summed E-state index contributed by atoms with van der Waals surface area (Å²) in [4.78, 5) is 11.9. The van der Waals surface area contributed by atoms with Gasteiger partial charge in [0.1, 0.15) is 5.75 Å². The standard InChI is InChI=1S/C17H25BrN2O2/c18-13-4-10-16(11-5-13)22-12-2-1-3-17(21)20-15-8-6-14(19)7-9-15/h4-5,10-11,14-15H,1-3,6-9,12,19H2,(H,20,21). The monoisotopic (exact) mass is 368 g/mol. The molecule has 1 aromatic rings. The van der Waals surface area contributed by atoms with Crippen molar-refractivity contribution in [2.75, 3.05) is 6.61 Å². The summed E-state index contributed by atoms with van der Waals surface area (Å²) in [5, 5.41) is 3.11. The highest BCUT2D eigenvalue weighted by Crippen LogP contribution is 2.18. The van der Waals surface area contributed by atoms with Gasteiger partial charge < -0.3 is 15.8 Å². The molecule has 0 unspecified atom stereocenters. The number of unbranched alkanes of at least 4 members (excludes halogenated alkanes) is 1. The first kappa shape index (κ1) is 17.3. The minimum atomic E-state index is 0.157. The number of nitrogens with one attached hydrogen (secondary N) is 1. The number of hydrogen-bond donors (Lipinski definition) is 2. The fraction of sp³-hybridized carbons (Fsp3) is 0.588. The van der Waals surface area contributed by atoms with Crippen LogP contribution in [0.3, 0.4) is 0 Å². The summed E-state index contributed by atoms with van der Waals surface area (Å²) in [6.45, 7) is 0.646. The molecule has 0 atom stereocenters. The molecule has 22 heavy (non-hydrogen) atoms. The molecule has 5 heteroatoms. The Bertz CT molecular complexity index is 456. The molecular weight excluding hydrogens is 344 g/mol. The van der Waals surface area contributed by atoms with Gasteiger partial charge in [0, 0.05) is 23.0 Å². The number of hydrogen-bond acceptors (Lipinski definition) is 3. The van der Waals surface area contributed by atoms with Crippen molar-refractivity contribution < 1.29 is 9.53 Å². The van der Waals surface area contributed by atoms with Crippen LogP contribution in [0.5, 0.6) is 5.75 Å². The molecule has 122 valence electrons. The number of carbonyl (C=O) groups is 1. The Labute approximate surface area is 140 Å². The summed E-state index contributed by atoms with van der Waals surface area (Å²) < 4.78 is 6.68. The van der Waals surface area contributed by atoms with E-state index in [-0.39, 0.29) is 5.91 Å². The normalized spacial score (nSPS) is 21.4. The first-order valence-corrected chi connectivity index (χ1v) is 8.86. The highest BCUT2D eigenvalue weighted by molar-refractivity contribution is 9.10. The Morgan fingerprint density at radius 2 is 1.86 bits per heavy atom. The smallest absolute Gasteiger partial charge is 0.220 e. The Morgan fingerprint density at radius 3 is 2.55 bits per heavy atom. The van der Waals surface area contributed by atoms with E-state index in [4.69, 9.17) is 10.5 Å². The van der Waals surface area contributed by atoms with Gasteiger partial charge in [-0.3, -0.25) is 4.79 Å². The Morgan fingerprint density at radius 1 is 1.18 bits per heavy atom. The minimum Gasteiger partial charge on any atom is -0.494 e. The van der Waals surface area contributed by atoms with Crippen LogP contribution in [0.2, 0.25) is 0 Å². The van der Waals surface area contributed by atoms with Crippen molar-refractivity contribution in [3.05, 3.63) is 28.7 Å². The summed E-state index contributed by atoms with van der Waals surface area (Å²) in [7, 11) is 0. The molecule has 1 saturated carbocycles. The van der Waals surface area contributed by atoms with Gasteiger partial charge in [-0.25, -0.2) is 0 Å². The van der Waals surface area contributed by atoms with Gasteiger partial charge in [0.2, 0.25) is 5.91 Å². The third-order valence-electron chi connectivity index (χ3n) is 4.02. The molecule has 0 aromatic heterocycles. The highest BCUT2D eigenvalue weighted by Gasteiger charge is 2.19. The first-order valence-electron chi connectivity index (χ1n) is 8.07. The quantitative estimate of drug-likeness (QED) is 0.725. The van der Waals surface area contributed by atoms with E-state index in [2.05, 4.69) is 21.2 Å². The lowest BCUT2D eigenvalue weighted by molar-refractivity contribution is -0.122. The number of nitrogens with two attached hydrogens (primary N) is 1. The van der Waals surface area contributed by atoms with Crippen molar-refractivity contribution in [2.24, 2.45) is 5.73 Å². The Kier molecular flexibility index (Phi) is 7.19. The van der Waals surface area contributed by atoms with Gasteiger partial charge >= 0.3 is 0 Å². The average Bonchev–Trinajstić information content (AvgIpc) is 2.51. The maximum atomic E-state index is 11.9. The summed E-state index contributed by atoms with van der Waals surface area (Å²) >= 11 is 3.39. The second-order valence-electron chi connectivity index (χ2n) is 5.94. The summed E-state index contributed by atoms with van der Waals surface area (Å²) in [5.74, 6) is 1.02. The maximum absolute atomic E-state index is 11.9. The van der Waals surface area contributed by atoms with E-state index in [0.29, 0.717) is 25.1 Å². The van der Waals surface area contributed by atoms with E-state index in [9.17, 15) is 4.79 Å². The van der Waals surface area contributed by atoms with E-state index >= 15 is 0 Å². The van der Waals surface area contributed by atoms with Crippen molar-refractivity contribution in [3.63, 3.8) is 0 Å². The van der Waals surface area contributed by atoms with Crippen molar-refractivity contribution in [3.8, 4) is 5.75 Å². The average molecular weight is 369 g/mol. The highest BCUT2D eigenvalue weighted by atomic mass is 79.9. The van der Waals surface area contributed by atoms with Gasteiger partial charge in [-0.2, -0.15) is 0 Å². The topological polar surface area (TPSA) is 64.3 Å². The molecule has 1 aromatic carbocycles. The van der Waals surface area contributed by atoms with Crippen LogP contribution < -0.4 is 15.8 Å². The molecule has 3 N–H and O–H groups in total. The zero-order valence-corrected chi connectivity index (χ0v) is 14.5. The molecule has 1 fully saturated rings. The van der Waals surface area contributed by atoms with Gasteiger partial charge in [0.05, 0.1) is 6.61 Å². The number of carbonyl (C=O) groups excluding carboxylic acids is 1. The van der Waals surface area contributed by atoms with E-state index in [1.54, 1.807) is 0 Å². The number of rotatable bonds is 7. The largest absolute Gasteiger partial charge is 0.494 e. The van der Waals surface area contributed by atoms with Crippen LogP contribution in [0, 0.1) is 0 Å². The third kappa shape index (κ3) is 6.36. The van der Waals surface area contributed by atoms with Crippen LogP contribution >= 0.6 is 15.9 Å². The molecule has 0 heterocycles. The fourth-order valence-electron chi connectivity index (χ4n) is 2.67. The van der Waals surface area contributed by atoms with Crippen LogP contribution in [-0.2, 0) is 4.79 Å². The predicted octanol–water partition coefficient (Wildman–Crippen LogP) is 3.38. The summed E-state index contributed by atoms with van der Waals surface area (Å²) in [6, 6.07) is 8.43. The zero-order chi connectivity index (χ0) is 15.8. The van der Waals surface area contributed by atoms with Gasteiger partial charge in [0.25, 0.3) is 0 Å². The van der Waals surface area contributed by atoms with Gasteiger partial charge in [-0.05, 0) is 62.8 Å². The number of amides is 1. The third-order valence-corrected chi connectivity index (χ3v) is 4.55.